The third kappa shape index (κ3) is 3.02. The zero-order valence-corrected chi connectivity index (χ0v) is 14.1. The summed E-state index contributed by atoms with van der Waals surface area (Å²) in [6.45, 7) is 10.0. The number of hydrogen-bond donors (Lipinski definition) is 1. The fourth-order valence-electron chi connectivity index (χ4n) is 3.48. The van der Waals surface area contributed by atoms with Gasteiger partial charge in [-0.1, -0.05) is 6.42 Å². The van der Waals surface area contributed by atoms with Crippen molar-refractivity contribution in [3.63, 3.8) is 0 Å². The number of nitrogens with one attached hydrogen (secondary N) is 1. The van der Waals surface area contributed by atoms with Crippen LogP contribution in [0.25, 0.3) is 0 Å². The van der Waals surface area contributed by atoms with Crippen LogP contribution in [-0.4, -0.2) is 30.3 Å². The van der Waals surface area contributed by atoms with E-state index in [0.717, 1.165) is 49.3 Å². The lowest BCUT2D eigenvalue weighted by atomic mass is 9.82. The van der Waals surface area contributed by atoms with Crippen LogP contribution < -0.4 is 5.32 Å². The number of nitrogens with zero attached hydrogens (tertiary/aromatic N) is 1. The molecule has 122 valence electrons. The average molecular weight is 306 g/mol. The molecule has 4 heteroatoms. The first-order valence-corrected chi connectivity index (χ1v) is 8.21. The molecule has 0 radical (unpaired) electrons. The number of benzene rings is 1. The van der Waals surface area contributed by atoms with E-state index < -0.39 is 5.54 Å². The second kappa shape index (κ2) is 6.78. The molecule has 1 heterocycles. The molecule has 22 heavy (non-hydrogen) atoms. The zero-order chi connectivity index (χ0) is 16.3. The molecule has 0 bridgehead atoms. The number of ketones is 1. The van der Waals surface area contributed by atoms with Crippen molar-refractivity contribution < 1.29 is 9.18 Å². The molecule has 0 saturated carbocycles. The minimum Gasteiger partial charge on any atom is -0.385 e. The third-order valence-corrected chi connectivity index (χ3v) is 4.94. The topological polar surface area (TPSA) is 32.3 Å². The monoisotopic (exact) mass is 306 g/mol. The van der Waals surface area contributed by atoms with Crippen LogP contribution >= 0.6 is 0 Å². The normalized spacial score (nSPS) is 18.8. The molecule has 1 aliphatic heterocycles. The number of Topliss-reactive ketones (excluding diaryl/α,β-unsaturated/α-hetero) is 1. The van der Waals surface area contributed by atoms with Gasteiger partial charge in [0.25, 0.3) is 0 Å². The van der Waals surface area contributed by atoms with Gasteiger partial charge in [-0.25, -0.2) is 4.39 Å². The number of piperidine rings is 1. The quantitative estimate of drug-likeness (QED) is 0.896. The third-order valence-electron chi connectivity index (χ3n) is 4.94. The highest BCUT2D eigenvalue weighted by molar-refractivity contribution is 5.88. The average Bonchev–Trinajstić information content (AvgIpc) is 2.50. The highest BCUT2D eigenvalue weighted by atomic mass is 19.1. The Morgan fingerprint density at radius 2 is 1.95 bits per heavy atom. The van der Waals surface area contributed by atoms with Crippen LogP contribution in [0.1, 0.15) is 51.2 Å². The summed E-state index contributed by atoms with van der Waals surface area (Å²) in [5.74, 6) is -0.216. The van der Waals surface area contributed by atoms with Gasteiger partial charge in [-0.15, -0.1) is 0 Å². The molecule has 1 unspecified atom stereocenters. The number of likely N-dealkylation sites (tertiary alicyclic amines) is 1. The fraction of sp³-hybridized carbons (Fsp3) is 0.611. The van der Waals surface area contributed by atoms with Crippen molar-refractivity contribution in [2.24, 2.45) is 0 Å². The molecule has 1 fully saturated rings. The van der Waals surface area contributed by atoms with Gasteiger partial charge >= 0.3 is 0 Å². The predicted octanol–water partition coefficient (Wildman–Crippen LogP) is 3.86. The van der Waals surface area contributed by atoms with Crippen LogP contribution in [0.5, 0.6) is 0 Å². The highest BCUT2D eigenvalue weighted by Gasteiger charge is 2.40. The van der Waals surface area contributed by atoms with Crippen molar-refractivity contribution in [2.45, 2.75) is 52.5 Å². The van der Waals surface area contributed by atoms with Gasteiger partial charge in [0.2, 0.25) is 0 Å². The zero-order valence-electron chi connectivity index (χ0n) is 14.1. The molecule has 1 aromatic carbocycles. The first-order valence-electron chi connectivity index (χ1n) is 8.21. The summed E-state index contributed by atoms with van der Waals surface area (Å²) in [6, 6.07) is 3.05. The summed E-state index contributed by atoms with van der Waals surface area (Å²) < 4.78 is 14.1. The van der Waals surface area contributed by atoms with E-state index in [4.69, 9.17) is 0 Å². The van der Waals surface area contributed by atoms with Gasteiger partial charge in [-0.05, 0) is 76.9 Å². The van der Waals surface area contributed by atoms with Crippen LogP contribution in [0, 0.1) is 12.7 Å². The minimum absolute atomic E-state index is 0.0746. The molecule has 1 N–H and O–H groups in total. The molecule has 1 aromatic rings. The molecule has 0 aromatic heterocycles. The molecule has 1 atom stereocenters. The smallest absolute Gasteiger partial charge is 0.154 e. The number of halogens is 1. The van der Waals surface area contributed by atoms with Crippen molar-refractivity contribution in [1.82, 2.24) is 4.90 Å². The minimum atomic E-state index is -0.753. The maximum atomic E-state index is 14.1. The largest absolute Gasteiger partial charge is 0.385 e. The summed E-state index contributed by atoms with van der Waals surface area (Å²) in [7, 11) is 0. The van der Waals surface area contributed by atoms with Gasteiger partial charge in [0.1, 0.15) is 11.4 Å². The summed E-state index contributed by atoms with van der Waals surface area (Å²) >= 11 is 0. The summed E-state index contributed by atoms with van der Waals surface area (Å²) in [5, 5.41) is 3.20. The van der Waals surface area contributed by atoms with Crippen LogP contribution in [0.15, 0.2) is 12.1 Å². The van der Waals surface area contributed by atoms with Crippen molar-refractivity contribution >= 4 is 11.5 Å². The van der Waals surface area contributed by atoms with Gasteiger partial charge in [0, 0.05) is 12.2 Å². The fourth-order valence-corrected chi connectivity index (χ4v) is 3.48. The van der Waals surface area contributed by atoms with Crippen molar-refractivity contribution in [3.05, 3.63) is 29.1 Å². The van der Waals surface area contributed by atoms with E-state index in [-0.39, 0.29) is 11.6 Å². The van der Waals surface area contributed by atoms with Gasteiger partial charge in [0.15, 0.2) is 5.78 Å². The summed E-state index contributed by atoms with van der Waals surface area (Å²) in [4.78, 5) is 14.7. The molecule has 1 saturated heterocycles. The van der Waals surface area contributed by atoms with Crippen LogP contribution in [0.4, 0.5) is 10.1 Å². The van der Waals surface area contributed by atoms with Gasteiger partial charge in [0.05, 0.1) is 0 Å². The number of anilines is 1. The maximum absolute atomic E-state index is 14.1. The second-order valence-corrected chi connectivity index (χ2v) is 6.33. The van der Waals surface area contributed by atoms with Crippen molar-refractivity contribution in [2.75, 3.05) is 25.0 Å². The van der Waals surface area contributed by atoms with Gasteiger partial charge in [-0.3, -0.25) is 9.69 Å². The number of carbonyl (C=O) groups excluding carboxylic acids is 1. The van der Waals surface area contributed by atoms with Gasteiger partial charge in [-0.2, -0.15) is 0 Å². The SMILES string of the molecule is CCNc1cc(F)cc(C(C)(C(C)=O)N2CCCCC2)c1C. The van der Waals surface area contributed by atoms with Crippen LogP contribution in [-0.2, 0) is 10.3 Å². The lowest BCUT2D eigenvalue weighted by molar-refractivity contribution is -0.129. The Bertz CT molecular complexity index is 552. The Morgan fingerprint density at radius 3 is 2.50 bits per heavy atom. The van der Waals surface area contributed by atoms with Crippen molar-refractivity contribution in [3.8, 4) is 0 Å². The second-order valence-electron chi connectivity index (χ2n) is 6.33. The highest BCUT2D eigenvalue weighted by Crippen LogP contribution is 2.37. The molecule has 2 rings (SSSR count). The van der Waals surface area contributed by atoms with E-state index >= 15 is 0 Å². The van der Waals surface area contributed by atoms with Crippen LogP contribution in [0.3, 0.4) is 0 Å². The van der Waals surface area contributed by atoms with Crippen molar-refractivity contribution in [1.29, 1.82) is 0 Å². The molecule has 1 aliphatic rings. The van der Waals surface area contributed by atoms with E-state index in [0.29, 0.717) is 0 Å². The number of hydrogen-bond acceptors (Lipinski definition) is 3. The van der Waals surface area contributed by atoms with E-state index in [9.17, 15) is 9.18 Å². The van der Waals surface area contributed by atoms with E-state index in [1.165, 1.54) is 18.6 Å². The van der Waals surface area contributed by atoms with E-state index in [2.05, 4.69) is 10.2 Å². The molecule has 0 aliphatic carbocycles. The maximum Gasteiger partial charge on any atom is 0.154 e. The van der Waals surface area contributed by atoms with Crippen LogP contribution in [0.2, 0.25) is 0 Å². The Kier molecular flexibility index (Phi) is 5.22. The molecular formula is C18H27FN2O. The number of rotatable bonds is 5. The standard InChI is InChI=1S/C18H27FN2O/c1-5-20-17-12-15(19)11-16(13(17)2)18(4,14(3)22)21-9-7-6-8-10-21/h11-12,20H,5-10H2,1-4H3. The summed E-state index contributed by atoms with van der Waals surface area (Å²) in [5.41, 5.74) is 1.78. The van der Waals surface area contributed by atoms with E-state index in [1.807, 2.05) is 20.8 Å². The lowest BCUT2D eigenvalue weighted by Gasteiger charge is -2.43. The first-order chi connectivity index (χ1) is 10.4. The Balaban J connectivity index is 2.54. The number of carbonyl (C=O) groups is 1. The predicted molar refractivity (Wildman–Crippen MR) is 88.8 cm³/mol. The molecular weight excluding hydrogens is 279 g/mol. The molecule has 0 spiro atoms. The Hall–Kier alpha value is -1.42. The molecule has 3 nitrogen and oxygen atoms in total. The Morgan fingerprint density at radius 1 is 1.32 bits per heavy atom. The lowest BCUT2D eigenvalue weighted by Crippen LogP contribution is -2.51. The first kappa shape index (κ1) is 16.9. The van der Waals surface area contributed by atoms with Gasteiger partial charge < -0.3 is 5.32 Å². The van der Waals surface area contributed by atoms with E-state index in [1.54, 1.807) is 6.92 Å². The Labute approximate surface area is 132 Å². The summed E-state index contributed by atoms with van der Waals surface area (Å²) in [6.07, 6.45) is 3.39. The molecule has 0 amide bonds.